The fraction of sp³-hybridized carbons (Fsp3) is 0.312. The Morgan fingerprint density at radius 1 is 1.00 bits per heavy atom. The van der Waals surface area contributed by atoms with Crippen molar-refractivity contribution in [2.24, 2.45) is 0 Å². The average molecular weight is 346 g/mol. The minimum atomic E-state index is 0.760. The molecule has 1 fully saturated rings. The van der Waals surface area contributed by atoms with Crippen LogP contribution < -0.4 is 9.80 Å². The fourth-order valence-corrected chi connectivity index (χ4v) is 4.00. The molecule has 1 aromatic carbocycles. The highest BCUT2D eigenvalue weighted by Crippen LogP contribution is 2.31. The number of nitrogens with zero attached hydrogens (tertiary/aromatic N) is 5. The monoisotopic (exact) mass is 345 g/mol. The number of hydrogen-bond acceptors (Lipinski definition) is 6. The van der Waals surface area contributed by atoms with Crippen LogP contribution in [0.2, 0.25) is 5.02 Å². The summed E-state index contributed by atoms with van der Waals surface area (Å²) in [5, 5.41) is 10.2. The van der Waals surface area contributed by atoms with E-state index >= 15 is 0 Å². The molecule has 0 saturated carbocycles. The summed E-state index contributed by atoms with van der Waals surface area (Å²) in [6.07, 6.45) is 0. The van der Waals surface area contributed by atoms with Gasteiger partial charge < -0.3 is 9.80 Å². The molecule has 0 unspecified atom stereocenters. The Labute approximate surface area is 143 Å². The molecular formula is C16H16ClN5S. The van der Waals surface area contributed by atoms with Crippen LogP contribution in [0.5, 0.6) is 0 Å². The molecule has 0 N–H and O–H groups in total. The van der Waals surface area contributed by atoms with E-state index in [-0.39, 0.29) is 0 Å². The van der Waals surface area contributed by atoms with E-state index in [9.17, 15) is 0 Å². The van der Waals surface area contributed by atoms with Crippen LogP contribution in [-0.4, -0.2) is 41.4 Å². The molecule has 7 heteroatoms. The van der Waals surface area contributed by atoms with E-state index in [1.807, 2.05) is 37.3 Å². The van der Waals surface area contributed by atoms with Crippen molar-refractivity contribution in [1.29, 1.82) is 0 Å². The van der Waals surface area contributed by atoms with Crippen molar-refractivity contribution in [3.8, 4) is 0 Å². The maximum Gasteiger partial charge on any atom is 0.186 e. The highest BCUT2D eigenvalue weighted by molar-refractivity contribution is 7.22. The molecule has 4 rings (SSSR count). The van der Waals surface area contributed by atoms with Crippen LogP contribution in [0.1, 0.15) is 5.69 Å². The van der Waals surface area contributed by atoms with E-state index < -0.39 is 0 Å². The highest BCUT2D eigenvalue weighted by Gasteiger charge is 2.21. The Hall–Kier alpha value is -1.92. The van der Waals surface area contributed by atoms with Gasteiger partial charge in [0, 0.05) is 31.2 Å². The molecule has 118 valence electrons. The lowest BCUT2D eigenvalue weighted by atomic mass is 10.3. The van der Waals surface area contributed by atoms with Crippen molar-refractivity contribution in [3.63, 3.8) is 0 Å². The molecule has 1 saturated heterocycles. The zero-order valence-corrected chi connectivity index (χ0v) is 14.3. The Kier molecular flexibility index (Phi) is 3.79. The smallest absolute Gasteiger partial charge is 0.186 e. The molecule has 3 aromatic rings. The van der Waals surface area contributed by atoms with Gasteiger partial charge in [0.2, 0.25) is 0 Å². The summed E-state index contributed by atoms with van der Waals surface area (Å²) in [5.74, 6) is 0.950. The van der Waals surface area contributed by atoms with Gasteiger partial charge in [-0.15, -0.1) is 5.10 Å². The van der Waals surface area contributed by atoms with Gasteiger partial charge in [0.25, 0.3) is 0 Å². The van der Waals surface area contributed by atoms with Crippen molar-refractivity contribution in [3.05, 3.63) is 41.0 Å². The lowest BCUT2D eigenvalue weighted by Gasteiger charge is -2.34. The third kappa shape index (κ3) is 2.96. The topological polar surface area (TPSA) is 45.2 Å². The Morgan fingerprint density at radius 2 is 1.78 bits per heavy atom. The van der Waals surface area contributed by atoms with Gasteiger partial charge in [0.1, 0.15) is 0 Å². The SMILES string of the molecule is Cc1ccc(N2CCN(c3nc4ccc(Cl)cc4s3)CC2)nn1. The van der Waals surface area contributed by atoms with Gasteiger partial charge >= 0.3 is 0 Å². The molecule has 0 radical (unpaired) electrons. The lowest BCUT2D eigenvalue weighted by molar-refractivity contribution is 0.642. The number of aryl methyl sites for hydroxylation is 1. The molecule has 0 amide bonds. The van der Waals surface area contributed by atoms with Crippen molar-refractivity contribution >= 4 is 44.1 Å². The first-order chi connectivity index (χ1) is 11.2. The predicted octanol–water partition coefficient (Wildman–Crippen LogP) is 3.37. The second-order valence-corrected chi connectivity index (χ2v) is 7.06. The van der Waals surface area contributed by atoms with E-state index in [1.165, 1.54) is 0 Å². The van der Waals surface area contributed by atoms with Gasteiger partial charge in [-0.05, 0) is 37.3 Å². The Morgan fingerprint density at radius 3 is 2.52 bits per heavy atom. The third-order valence-corrected chi connectivity index (χ3v) is 5.31. The van der Waals surface area contributed by atoms with Gasteiger partial charge in [0.15, 0.2) is 10.9 Å². The summed E-state index contributed by atoms with van der Waals surface area (Å²) < 4.78 is 1.14. The molecule has 0 aliphatic carbocycles. The van der Waals surface area contributed by atoms with Gasteiger partial charge in [-0.2, -0.15) is 5.10 Å². The van der Waals surface area contributed by atoms with Crippen LogP contribution in [0, 0.1) is 6.92 Å². The Bertz CT molecular complexity index is 824. The first kappa shape index (κ1) is 14.7. The normalized spacial score (nSPS) is 15.4. The van der Waals surface area contributed by atoms with E-state index in [1.54, 1.807) is 11.3 Å². The maximum absolute atomic E-state index is 6.06. The van der Waals surface area contributed by atoms with E-state index in [2.05, 4.69) is 20.0 Å². The summed E-state index contributed by atoms with van der Waals surface area (Å²) in [6.45, 7) is 5.67. The molecule has 23 heavy (non-hydrogen) atoms. The zero-order chi connectivity index (χ0) is 15.8. The Balaban J connectivity index is 1.48. The summed E-state index contributed by atoms with van der Waals surface area (Å²) in [5.41, 5.74) is 1.96. The molecule has 5 nitrogen and oxygen atoms in total. The summed E-state index contributed by atoms with van der Waals surface area (Å²) in [4.78, 5) is 9.33. The molecule has 2 aromatic heterocycles. The number of thiazole rings is 1. The number of rotatable bonds is 2. The molecular weight excluding hydrogens is 330 g/mol. The first-order valence-electron chi connectivity index (χ1n) is 7.55. The lowest BCUT2D eigenvalue weighted by Crippen LogP contribution is -2.46. The number of piperazine rings is 1. The molecule has 0 bridgehead atoms. The van der Waals surface area contributed by atoms with Crippen molar-refractivity contribution in [2.75, 3.05) is 36.0 Å². The number of fused-ring (bicyclic) bond motifs is 1. The number of aromatic nitrogens is 3. The molecule has 3 heterocycles. The molecule has 0 atom stereocenters. The largest absolute Gasteiger partial charge is 0.352 e. The highest BCUT2D eigenvalue weighted by atomic mass is 35.5. The second kappa shape index (κ2) is 5.94. The van der Waals surface area contributed by atoms with Crippen LogP contribution in [0.3, 0.4) is 0 Å². The van der Waals surface area contributed by atoms with Crippen LogP contribution in [0.4, 0.5) is 10.9 Å². The standard InChI is InChI=1S/C16H16ClN5S/c1-11-2-5-15(20-19-11)21-6-8-22(9-7-21)16-18-13-4-3-12(17)10-14(13)23-16/h2-5,10H,6-9H2,1H3. The average Bonchev–Trinajstić information content (AvgIpc) is 2.99. The van der Waals surface area contributed by atoms with Crippen LogP contribution >= 0.6 is 22.9 Å². The van der Waals surface area contributed by atoms with Crippen LogP contribution in [0.15, 0.2) is 30.3 Å². The minimum absolute atomic E-state index is 0.760. The zero-order valence-electron chi connectivity index (χ0n) is 12.7. The van der Waals surface area contributed by atoms with Gasteiger partial charge in [-0.3, -0.25) is 0 Å². The molecule has 0 spiro atoms. The molecule has 1 aliphatic rings. The van der Waals surface area contributed by atoms with Crippen molar-refractivity contribution < 1.29 is 0 Å². The minimum Gasteiger partial charge on any atom is -0.352 e. The number of halogens is 1. The predicted molar refractivity (Wildman–Crippen MR) is 95.8 cm³/mol. The van der Waals surface area contributed by atoms with Crippen LogP contribution in [0.25, 0.3) is 10.2 Å². The quantitative estimate of drug-likeness (QED) is 0.712. The number of hydrogen-bond donors (Lipinski definition) is 0. The number of benzene rings is 1. The van der Waals surface area contributed by atoms with Crippen LogP contribution in [-0.2, 0) is 0 Å². The van der Waals surface area contributed by atoms with Crippen molar-refractivity contribution in [2.45, 2.75) is 6.92 Å². The summed E-state index contributed by atoms with van der Waals surface area (Å²) in [6, 6.07) is 9.90. The second-order valence-electron chi connectivity index (χ2n) is 5.62. The van der Waals surface area contributed by atoms with E-state index in [4.69, 9.17) is 16.6 Å². The summed E-state index contributed by atoms with van der Waals surface area (Å²) in [7, 11) is 0. The fourth-order valence-electron chi connectivity index (χ4n) is 2.71. The van der Waals surface area contributed by atoms with E-state index in [0.29, 0.717) is 0 Å². The summed E-state index contributed by atoms with van der Waals surface area (Å²) >= 11 is 7.76. The maximum atomic E-state index is 6.06. The number of anilines is 2. The van der Waals surface area contributed by atoms with Gasteiger partial charge in [-0.25, -0.2) is 4.98 Å². The van der Waals surface area contributed by atoms with Crippen molar-refractivity contribution in [1.82, 2.24) is 15.2 Å². The van der Waals surface area contributed by atoms with E-state index in [0.717, 1.165) is 58.1 Å². The first-order valence-corrected chi connectivity index (χ1v) is 8.75. The molecule has 1 aliphatic heterocycles. The van der Waals surface area contributed by atoms with Gasteiger partial charge in [0.05, 0.1) is 15.9 Å². The third-order valence-electron chi connectivity index (χ3n) is 4.00. The van der Waals surface area contributed by atoms with Gasteiger partial charge in [-0.1, -0.05) is 22.9 Å².